The molecule has 3 rings (SSSR count). The van der Waals surface area contributed by atoms with Crippen LogP contribution in [0.15, 0.2) is 41.8 Å². The topological polar surface area (TPSA) is 51.2 Å². The molecule has 26 heavy (non-hydrogen) atoms. The smallest absolute Gasteiger partial charge is 0.264 e. The lowest BCUT2D eigenvalue weighted by Gasteiger charge is -2.08. The number of hydrogen-bond donors (Lipinski definition) is 1. The van der Waals surface area contributed by atoms with Crippen molar-refractivity contribution in [1.82, 2.24) is 4.98 Å². The van der Waals surface area contributed by atoms with E-state index in [-0.39, 0.29) is 12.5 Å². The van der Waals surface area contributed by atoms with E-state index < -0.39 is 0 Å². The van der Waals surface area contributed by atoms with Crippen molar-refractivity contribution >= 4 is 45.6 Å². The number of hydrogen-bond acceptors (Lipinski definition) is 4. The number of carbonyl (C=O) groups is 1. The van der Waals surface area contributed by atoms with Gasteiger partial charge in [-0.3, -0.25) is 10.1 Å². The summed E-state index contributed by atoms with van der Waals surface area (Å²) in [4.78, 5) is 16.6. The van der Waals surface area contributed by atoms with Crippen LogP contribution in [-0.2, 0) is 4.79 Å². The number of carbonyl (C=O) groups excluding carboxylic acids is 1. The summed E-state index contributed by atoms with van der Waals surface area (Å²) in [5, 5.41) is 6.07. The molecule has 1 amide bonds. The number of rotatable bonds is 5. The zero-order valence-electron chi connectivity index (χ0n) is 14.2. The number of aryl methyl sites for hydroxylation is 2. The Balaban J connectivity index is 1.64. The Morgan fingerprint density at radius 3 is 2.81 bits per heavy atom. The molecular formula is C19H16Cl2N2O2S. The van der Waals surface area contributed by atoms with Crippen LogP contribution in [0.25, 0.3) is 11.3 Å². The van der Waals surface area contributed by atoms with Crippen molar-refractivity contribution in [3.05, 3.63) is 63.0 Å². The SMILES string of the molecule is Cc1ccc(C)c(-c2csc(NC(=O)COc3cc(Cl)ccc3Cl)n2)c1. The van der Waals surface area contributed by atoms with Crippen molar-refractivity contribution in [1.29, 1.82) is 0 Å². The van der Waals surface area contributed by atoms with Gasteiger partial charge in [0, 0.05) is 22.0 Å². The molecule has 0 aliphatic rings. The van der Waals surface area contributed by atoms with Crippen LogP contribution < -0.4 is 10.1 Å². The lowest BCUT2D eigenvalue weighted by Crippen LogP contribution is -2.20. The summed E-state index contributed by atoms with van der Waals surface area (Å²) in [5.41, 5.74) is 4.20. The summed E-state index contributed by atoms with van der Waals surface area (Å²) in [5.74, 6) is 0.0486. The van der Waals surface area contributed by atoms with E-state index >= 15 is 0 Å². The quantitative estimate of drug-likeness (QED) is 0.586. The number of thiazole rings is 1. The number of ether oxygens (including phenoxy) is 1. The largest absolute Gasteiger partial charge is 0.482 e. The van der Waals surface area contributed by atoms with E-state index in [1.165, 1.54) is 11.3 Å². The second kappa shape index (κ2) is 8.08. The fourth-order valence-electron chi connectivity index (χ4n) is 2.35. The normalized spacial score (nSPS) is 10.6. The lowest BCUT2D eigenvalue weighted by molar-refractivity contribution is -0.118. The molecule has 0 saturated heterocycles. The second-order valence-electron chi connectivity index (χ2n) is 5.77. The van der Waals surface area contributed by atoms with Crippen molar-refractivity contribution in [2.45, 2.75) is 13.8 Å². The monoisotopic (exact) mass is 406 g/mol. The highest BCUT2D eigenvalue weighted by Gasteiger charge is 2.11. The number of nitrogens with zero attached hydrogens (tertiary/aromatic N) is 1. The highest BCUT2D eigenvalue weighted by Crippen LogP contribution is 2.29. The molecule has 0 radical (unpaired) electrons. The van der Waals surface area contributed by atoms with Crippen molar-refractivity contribution < 1.29 is 9.53 Å². The average molecular weight is 407 g/mol. The summed E-state index contributed by atoms with van der Waals surface area (Å²) in [6, 6.07) is 11.0. The summed E-state index contributed by atoms with van der Waals surface area (Å²) in [7, 11) is 0. The maximum absolute atomic E-state index is 12.1. The van der Waals surface area contributed by atoms with Crippen molar-refractivity contribution in [3.63, 3.8) is 0 Å². The van der Waals surface area contributed by atoms with Crippen LogP contribution in [0.5, 0.6) is 5.75 Å². The van der Waals surface area contributed by atoms with Gasteiger partial charge in [-0.05, 0) is 37.6 Å². The van der Waals surface area contributed by atoms with Crippen LogP contribution in [0.4, 0.5) is 5.13 Å². The molecule has 0 saturated carbocycles. The van der Waals surface area contributed by atoms with Crippen LogP contribution in [0, 0.1) is 13.8 Å². The summed E-state index contributed by atoms with van der Waals surface area (Å²) < 4.78 is 5.43. The highest BCUT2D eigenvalue weighted by molar-refractivity contribution is 7.14. The standard InChI is InChI=1S/C19H16Cl2N2O2S/c1-11-3-4-12(2)14(7-11)16-10-26-19(22-16)23-18(24)9-25-17-8-13(20)5-6-15(17)21/h3-8,10H,9H2,1-2H3,(H,22,23,24). The second-order valence-corrected chi connectivity index (χ2v) is 7.47. The Bertz CT molecular complexity index is 956. The molecule has 0 atom stereocenters. The van der Waals surface area contributed by atoms with Crippen molar-refractivity contribution in [2.75, 3.05) is 11.9 Å². The Morgan fingerprint density at radius 1 is 1.19 bits per heavy atom. The molecule has 7 heteroatoms. The predicted molar refractivity (Wildman–Crippen MR) is 108 cm³/mol. The minimum Gasteiger partial charge on any atom is -0.482 e. The van der Waals surface area contributed by atoms with Crippen LogP contribution in [0.1, 0.15) is 11.1 Å². The number of aromatic nitrogens is 1. The Morgan fingerprint density at radius 2 is 2.00 bits per heavy atom. The number of anilines is 1. The summed E-state index contributed by atoms with van der Waals surface area (Å²) >= 11 is 13.3. The van der Waals surface area contributed by atoms with E-state index in [0.29, 0.717) is 20.9 Å². The fraction of sp³-hybridized carbons (Fsp3) is 0.158. The van der Waals surface area contributed by atoms with Gasteiger partial charge >= 0.3 is 0 Å². The Hall–Kier alpha value is -2.08. The van der Waals surface area contributed by atoms with Crippen molar-refractivity contribution in [3.8, 4) is 17.0 Å². The molecule has 0 aliphatic heterocycles. The summed E-state index contributed by atoms with van der Waals surface area (Å²) in [6.45, 7) is 3.89. The summed E-state index contributed by atoms with van der Waals surface area (Å²) in [6.07, 6.45) is 0. The molecule has 0 unspecified atom stereocenters. The molecule has 1 heterocycles. The third-order valence-corrected chi connectivity index (χ3v) is 4.98. The molecule has 3 aromatic rings. The van der Waals surface area contributed by atoms with Gasteiger partial charge in [0.15, 0.2) is 11.7 Å². The number of amides is 1. The minimum absolute atomic E-state index is 0.182. The fourth-order valence-corrected chi connectivity index (χ4v) is 3.41. The highest BCUT2D eigenvalue weighted by atomic mass is 35.5. The van der Waals surface area contributed by atoms with Gasteiger partial charge in [-0.1, -0.05) is 40.9 Å². The molecule has 4 nitrogen and oxygen atoms in total. The third-order valence-electron chi connectivity index (χ3n) is 3.67. The number of nitrogens with one attached hydrogen (secondary N) is 1. The van der Waals surface area contributed by atoms with Gasteiger partial charge in [0.2, 0.25) is 0 Å². The number of benzene rings is 2. The molecule has 0 fully saturated rings. The molecule has 1 N–H and O–H groups in total. The first-order valence-electron chi connectivity index (χ1n) is 7.83. The molecule has 134 valence electrons. The number of halogens is 2. The van der Waals surface area contributed by atoms with Gasteiger partial charge in [-0.2, -0.15) is 0 Å². The van der Waals surface area contributed by atoms with Crippen molar-refractivity contribution in [2.24, 2.45) is 0 Å². The van der Waals surface area contributed by atoms with Crippen LogP contribution in [-0.4, -0.2) is 17.5 Å². The first-order valence-corrected chi connectivity index (χ1v) is 9.47. The van der Waals surface area contributed by atoms with Crippen LogP contribution in [0.2, 0.25) is 10.0 Å². The molecular weight excluding hydrogens is 391 g/mol. The van der Waals surface area contributed by atoms with E-state index in [2.05, 4.69) is 28.5 Å². The predicted octanol–water partition coefficient (Wildman–Crippen LogP) is 5.75. The van der Waals surface area contributed by atoms with E-state index in [4.69, 9.17) is 27.9 Å². The maximum Gasteiger partial charge on any atom is 0.264 e. The zero-order valence-corrected chi connectivity index (χ0v) is 16.5. The lowest BCUT2D eigenvalue weighted by atomic mass is 10.0. The average Bonchev–Trinajstić information content (AvgIpc) is 3.06. The molecule has 0 spiro atoms. The van der Waals surface area contributed by atoms with Gasteiger partial charge in [0.25, 0.3) is 5.91 Å². The molecule has 0 bridgehead atoms. The van der Waals surface area contributed by atoms with Gasteiger partial charge in [-0.15, -0.1) is 11.3 Å². The van der Waals surface area contributed by atoms with Crippen LogP contribution in [0.3, 0.4) is 0 Å². The van der Waals surface area contributed by atoms with E-state index in [9.17, 15) is 4.79 Å². The molecule has 2 aromatic carbocycles. The first-order chi connectivity index (χ1) is 12.4. The van der Waals surface area contributed by atoms with E-state index in [1.807, 2.05) is 19.2 Å². The zero-order chi connectivity index (χ0) is 18.7. The first kappa shape index (κ1) is 18.7. The molecule has 1 aromatic heterocycles. The van der Waals surface area contributed by atoms with Crippen LogP contribution >= 0.6 is 34.5 Å². The van der Waals surface area contributed by atoms with Gasteiger partial charge in [0.05, 0.1) is 10.7 Å². The van der Waals surface area contributed by atoms with Gasteiger partial charge in [0.1, 0.15) is 5.75 Å². The Kier molecular flexibility index (Phi) is 5.81. The van der Waals surface area contributed by atoms with Gasteiger partial charge < -0.3 is 4.74 Å². The van der Waals surface area contributed by atoms with Gasteiger partial charge in [-0.25, -0.2) is 4.98 Å². The van der Waals surface area contributed by atoms with E-state index in [0.717, 1.165) is 22.4 Å². The molecule has 0 aliphatic carbocycles. The Labute approximate surface area is 165 Å². The van der Waals surface area contributed by atoms with E-state index in [1.54, 1.807) is 18.2 Å². The minimum atomic E-state index is -0.317. The third kappa shape index (κ3) is 4.55. The maximum atomic E-state index is 12.1.